The van der Waals surface area contributed by atoms with Crippen molar-refractivity contribution in [3.8, 4) is 22.8 Å². The van der Waals surface area contributed by atoms with Gasteiger partial charge >= 0.3 is 0 Å². The maximum Gasteiger partial charge on any atom is 0.255 e. The van der Waals surface area contributed by atoms with Gasteiger partial charge in [0.15, 0.2) is 0 Å². The van der Waals surface area contributed by atoms with Gasteiger partial charge in [-0.05, 0) is 75.5 Å². The van der Waals surface area contributed by atoms with Crippen LogP contribution in [0.15, 0.2) is 30.7 Å². The lowest BCUT2D eigenvalue weighted by molar-refractivity contribution is -0.132. The molecule has 2 heterocycles. The molecule has 0 radical (unpaired) electrons. The van der Waals surface area contributed by atoms with E-state index in [2.05, 4.69) is 25.6 Å². The SMILES string of the molecule is COc1ccc(OCC2CC2)c(-c2ncnc3c(C(=O)NC4CCC(NC(=O)C5(O)CC5)CC4)c[nH]c23)c1. The molecule has 0 saturated heterocycles. The fourth-order valence-corrected chi connectivity index (χ4v) is 5.07. The number of aromatic amines is 1. The summed E-state index contributed by atoms with van der Waals surface area (Å²) in [5, 5.41) is 16.1. The highest BCUT2D eigenvalue weighted by molar-refractivity contribution is 6.08. The second-order valence-electron chi connectivity index (χ2n) is 10.8. The standard InChI is InChI=1S/C28H33N5O5/c1-37-19-8-9-22(38-14-16-2-3-16)20(12-19)23-25-24(31-15-30-23)21(13-29-25)26(34)32-17-4-6-18(7-5-17)33-27(35)28(36)10-11-28/h8-9,12-13,15-18,29,36H,2-7,10-11,14H2,1H3,(H,32,34)(H,33,35). The number of benzene rings is 1. The Morgan fingerprint density at radius 1 is 1.08 bits per heavy atom. The van der Waals surface area contributed by atoms with E-state index in [0.29, 0.717) is 53.4 Å². The van der Waals surface area contributed by atoms with E-state index in [1.54, 1.807) is 13.3 Å². The van der Waals surface area contributed by atoms with Crippen LogP contribution in [0.3, 0.4) is 0 Å². The van der Waals surface area contributed by atoms with Crippen LogP contribution in [-0.2, 0) is 4.79 Å². The van der Waals surface area contributed by atoms with Crippen LogP contribution in [0, 0.1) is 5.92 Å². The van der Waals surface area contributed by atoms with Gasteiger partial charge in [0.05, 0.1) is 24.8 Å². The Morgan fingerprint density at radius 3 is 2.50 bits per heavy atom. The summed E-state index contributed by atoms with van der Waals surface area (Å²) >= 11 is 0. The molecule has 0 aliphatic heterocycles. The number of aromatic nitrogens is 3. The van der Waals surface area contributed by atoms with E-state index in [9.17, 15) is 14.7 Å². The zero-order valence-corrected chi connectivity index (χ0v) is 21.5. The predicted molar refractivity (Wildman–Crippen MR) is 140 cm³/mol. The number of hydrogen-bond donors (Lipinski definition) is 4. The molecular weight excluding hydrogens is 486 g/mol. The van der Waals surface area contributed by atoms with E-state index in [0.717, 1.165) is 37.0 Å². The zero-order chi connectivity index (χ0) is 26.3. The molecule has 0 spiro atoms. The Morgan fingerprint density at radius 2 is 1.82 bits per heavy atom. The van der Waals surface area contributed by atoms with Gasteiger partial charge in [-0.3, -0.25) is 9.59 Å². The number of nitrogens with zero attached hydrogens (tertiary/aromatic N) is 2. The van der Waals surface area contributed by atoms with Gasteiger partial charge in [0, 0.05) is 23.8 Å². The van der Waals surface area contributed by atoms with E-state index in [-0.39, 0.29) is 23.9 Å². The van der Waals surface area contributed by atoms with Crippen molar-refractivity contribution < 1.29 is 24.2 Å². The third-order valence-electron chi connectivity index (χ3n) is 7.87. The van der Waals surface area contributed by atoms with E-state index in [1.807, 2.05) is 18.2 Å². The number of rotatable bonds is 9. The Bertz CT molecular complexity index is 1350. The third kappa shape index (κ3) is 5.05. The molecule has 3 aromatic rings. The average molecular weight is 520 g/mol. The van der Waals surface area contributed by atoms with Crippen molar-refractivity contribution in [2.24, 2.45) is 5.92 Å². The number of hydrogen-bond acceptors (Lipinski definition) is 7. The molecule has 3 saturated carbocycles. The smallest absolute Gasteiger partial charge is 0.255 e. The molecule has 4 N–H and O–H groups in total. The maximum absolute atomic E-state index is 13.2. The molecule has 0 unspecified atom stereocenters. The zero-order valence-electron chi connectivity index (χ0n) is 21.5. The van der Waals surface area contributed by atoms with Crippen LogP contribution in [0.1, 0.15) is 61.7 Å². The first kappa shape index (κ1) is 24.7. The van der Waals surface area contributed by atoms with Crippen molar-refractivity contribution in [1.29, 1.82) is 0 Å². The summed E-state index contributed by atoms with van der Waals surface area (Å²) in [6.07, 6.45) is 9.61. The van der Waals surface area contributed by atoms with Gasteiger partial charge in [0.1, 0.15) is 34.6 Å². The fraction of sp³-hybridized carbons (Fsp3) is 0.500. The summed E-state index contributed by atoms with van der Waals surface area (Å²) in [5.74, 6) is 1.55. The summed E-state index contributed by atoms with van der Waals surface area (Å²) in [6, 6.07) is 5.69. The van der Waals surface area contributed by atoms with Crippen LogP contribution in [0.2, 0.25) is 0 Å². The van der Waals surface area contributed by atoms with E-state index < -0.39 is 5.60 Å². The first-order chi connectivity index (χ1) is 18.4. The Kier molecular flexibility index (Phi) is 6.43. The molecular formula is C28H33N5O5. The molecule has 3 aliphatic carbocycles. The van der Waals surface area contributed by atoms with Gasteiger partial charge in [0.2, 0.25) is 0 Å². The van der Waals surface area contributed by atoms with E-state index in [4.69, 9.17) is 9.47 Å². The minimum Gasteiger partial charge on any atom is -0.497 e. The third-order valence-corrected chi connectivity index (χ3v) is 7.87. The topological polar surface area (TPSA) is 138 Å². The lowest BCUT2D eigenvalue weighted by Crippen LogP contribution is -2.47. The molecule has 3 fully saturated rings. The summed E-state index contributed by atoms with van der Waals surface area (Å²) in [5.41, 5.74) is 1.93. The van der Waals surface area contributed by atoms with Crippen LogP contribution in [0.5, 0.6) is 11.5 Å². The molecule has 1 aromatic carbocycles. The average Bonchev–Trinajstić information content (AvgIpc) is 3.86. The maximum atomic E-state index is 13.2. The van der Waals surface area contributed by atoms with Gasteiger partial charge in [0.25, 0.3) is 11.8 Å². The van der Waals surface area contributed by atoms with Crippen molar-refractivity contribution in [3.63, 3.8) is 0 Å². The molecule has 0 bridgehead atoms. The Balaban J connectivity index is 1.16. The lowest BCUT2D eigenvalue weighted by atomic mass is 9.90. The van der Waals surface area contributed by atoms with Crippen LogP contribution in [0.4, 0.5) is 0 Å². The van der Waals surface area contributed by atoms with Crippen molar-refractivity contribution in [2.45, 2.75) is 69.1 Å². The number of methoxy groups -OCH3 is 1. The van der Waals surface area contributed by atoms with Crippen molar-refractivity contribution in [2.75, 3.05) is 13.7 Å². The molecule has 2 amide bonds. The predicted octanol–water partition coefficient (Wildman–Crippen LogP) is 3.10. The Labute approximate surface area is 220 Å². The van der Waals surface area contributed by atoms with Crippen LogP contribution in [0.25, 0.3) is 22.3 Å². The fourth-order valence-electron chi connectivity index (χ4n) is 5.07. The molecule has 3 aliphatic rings. The highest BCUT2D eigenvalue weighted by atomic mass is 16.5. The second kappa shape index (κ2) is 9.90. The van der Waals surface area contributed by atoms with Crippen LogP contribution < -0.4 is 20.1 Å². The van der Waals surface area contributed by atoms with Crippen molar-refractivity contribution in [3.05, 3.63) is 36.3 Å². The summed E-state index contributed by atoms with van der Waals surface area (Å²) in [4.78, 5) is 37.5. The number of nitrogens with one attached hydrogen (secondary N) is 3. The van der Waals surface area contributed by atoms with Gasteiger partial charge in [-0.25, -0.2) is 9.97 Å². The van der Waals surface area contributed by atoms with Crippen molar-refractivity contribution >= 4 is 22.8 Å². The number of amides is 2. The van der Waals surface area contributed by atoms with E-state index >= 15 is 0 Å². The summed E-state index contributed by atoms with van der Waals surface area (Å²) < 4.78 is 11.6. The largest absolute Gasteiger partial charge is 0.497 e. The number of fused-ring (bicyclic) bond motifs is 1. The normalized spacial score (nSPS) is 22.1. The van der Waals surface area contributed by atoms with Gasteiger partial charge < -0.3 is 30.2 Å². The molecule has 10 nitrogen and oxygen atoms in total. The van der Waals surface area contributed by atoms with Crippen molar-refractivity contribution in [1.82, 2.24) is 25.6 Å². The number of H-pyrrole nitrogens is 1. The summed E-state index contributed by atoms with van der Waals surface area (Å²) in [7, 11) is 1.62. The Hall–Kier alpha value is -3.66. The van der Waals surface area contributed by atoms with Gasteiger partial charge in [-0.2, -0.15) is 0 Å². The van der Waals surface area contributed by atoms with Crippen LogP contribution >= 0.6 is 0 Å². The minimum absolute atomic E-state index is 0.00623. The molecule has 2 aromatic heterocycles. The molecule has 200 valence electrons. The molecule has 10 heteroatoms. The highest BCUT2D eigenvalue weighted by Gasteiger charge is 2.48. The molecule has 6 rings (SSSR count). The quantitative estimate of drug-likeness (QED) is 0.341. The van der Waals surface area contributed by atoms with Gasteiger partial charge in [-0.1, -0.05) is 0 Å². The second-order valence-corrected chi connectivity index (χ2v) is 10.8. The monoisotopic (exact) mass is 519 g/mol. The first-order valence-electron chi connectivity index (χ1n) is 13.4. The van der Waals surface area contributed by atoms with Gasteiger partial charge in [-0.15, -0.1) is 0 Å². The minimum atomic E-state index is -1.16. The number of carbonyl (C=O) groups is 2. The number of carbonyl (C=O) groups excluding carboxylic acids is 2. The van der Waals surface area contributed by atoms with E-state index in [1.165, 1.54) is 19.2 Å². The lowest BCUT2D eigenvalue weighted by Gasteiger charge is -2.30. The first-order valence-corrected chi connectivity index (χ1v) is 13.4. The molecule has 38 heavy (non-hydrogen) atoms. The molecule has 0 atom stereocenters. The number of aliphatic hydroxyl groups is 1. The summed E-state index contributed by atoms with van der Waals surface area (Å²) in [6.45, 7) is 0.665. The highest BCUT2D eigenvalue weighted by Crippen LogP contribution is 2.38. The van der Waals surface area contributed by atoms with Crippen LogP contribution in [-0.4, -0.2) is 63.3 Å². The number of ether oxygens (including phenoxy) is 2.